The first-order chi connectivity index (χ1) is 12.2. The minimum absolute atomic E-state index is 0.0859. The summed E-state index contributed by atoms with van der Waals surface area (Å²) >= 11 is 0. The second kappa shape index (κ2) is 6.51. The van der Waals surface area contributed by atoms with E-state index in [-0.39, 0.29) is 17.8 Å². The van der Waals surface area contributed by atoms with E-state index < -0.39 is 6.10 Å². The third-order valence-electron chi connectivity index (χ3n) is 4.59. The molecule has 1 fully saturated rings. The van der Waals surface area contributed by atoms with Crippen LogP contribution in [0.25, 0.3) is 0 Å². The minimum atomic E-state index is -0.410. The lowest BCUT2D eigenvalue weighted by atomic mass is 10.0. The summed E-state index contributed by atoms with van der Waals surface area (Å²) in [5.74, 6) is -0.0215. The van der Waals surface area contributed by atoms with Crippen LogP contribution in [0.5, 0.6) is 0 Å². The van der Waals surface area contributed by atoms with Crippen LogP contribution in [0.2, 0.25) is 0 Å². The van der Waals surface area contributed by atoms with E-state index in [1.165, 1.54) is 0 Å². The van der Waals surface area contributed by atoms with Gasteiger partial charge in [0.25, 0.3) is 0 Å². The first-order valence-electron chi connectivity index (χ1n) is 8.36. The van der Waals surface area contributed by atoms with Gasteiger partial charge in [-0.2, -0.15) is 5.10 Å². The van der Waals surface area contributed by atoms with Crippen molar-refractivity contribution in [3.05, 3.63) is 83.9 Å². The van der Waals surface area contributed by atoms with E-state index >= 15 is 0 Å². The number of rotatable bonds is 5. The molecule has 0 bridgehead atoms. The number of carbonyl (C=O) groups excluding carboxylic acids is 1. The number of hydrogen-bond donors (Lipinski definition) is 0. The first kappa shape index (κ1) is 15.6. The Morgan fingerprint density at radius 3 is 2.56 bits per heavy atom. The van der Waals surface area contributed by atoms with Gasteiger partial charge in [0.1, 0.15) is 0 Å². The van der Waals surface area contributed by atoms with Crippen LogP contribution in [0.4, 0.5) is 0 Å². The molecule has 3 atom stereocenters. The summed E-state index contributed by atoms with van der Waals surface area (Å²) in [6.45, 7) is 0. The number of benzene rings is 1. The number of pyridine rings is 1. The van der Waals surface area contributed by atoms with Crippen LogP contribution >= 0.6 is 0 Å². The van der Waals surface area contributed by atoms with Crippen molar-refractivity contribution < 1.29 is 9.53 Å². The number of esters is 1. The summed E-state index contributed by atoms with van der Waals surface area (Å²) < 4.78 is 7.67. The lowest BCUT2D eigenvalue weighted by Crippen LogP contribution is -2.15. The molecule has 1 aliphatic carbocycles. The first-order valence-corrected chi connectivity index (χ1v) is 8.36. The summed E-state index contributed by atoms with van der Waals surface area (Å²) in [7, 11) is 1.88. The molecule has 0 amide bonds. The van der Waals surface area contributed by atoms with Crippen molar-refractivity contribution in [1.29, 1.82) is 0 Å². The van der Waals surface area contributed by atoms with Crippen molar-refractivity contribution >= 4 is 5.97 Å². The van der Waals surface area contributed by atoms with Gasteiger partial charge in [-0.15, -0.1) is 0 Å². The molecule has 2 aromatic heterocycles. The van der Waals surface area contributed by atoms with Crippen LogP contribution in [0.15, 0.2) is 67.3 Å². The van der Waals surface area contributed by atoms with Gasteiger partial charge in [0.05, 0.1) is 12.1 Å². The summed E-state index contributed by atoms with van der Waals surface area (Å²) in [6, 6.07) is 13.6. The van der Waals surface area contributed by atoms with Gasteiger partial charge < -0.3 is 4.74 Å². The van der Waals surface area contributed by atoms with Gasteiger partial charge >= 0.3 is 5.97 Å². The van der Waals surface area contributed by atoms with E-state index in [0.29, 0.717) is 0 Å². The molecule has 0 unspecified atom stereocenters. The van der Waals surface area contributed by atoms with Crippen molar-refractivity contribution in [3.8, 4) is 0 Å². The Bertz CT molecular complexity index is 821. The normalized spacial score (nSPS) is 20.0. The Labute approximate surface area is 146 Å². The van der Waals surface area contributed by atoms with E-state index in [4.69, 9.17) is 4.74 Å². The highest BCUT2D eigenvalue weighted by Crippen LogP contribution is 2.48. The molecule has 5 nitrogen and oxygen atoms in total. The van der Waals surface area contributed by atoms with Gasteiger partial charge in [-0.25, -0.2) is 0 Å². The minimum Gasteiger partial charge on any atom is -0.452 e. The van der Waals surface area contributed by atoms with Gasteiger partial charge in [0.2, 0.25) is 0 Å². The van der Waals surface area contributed by atoms with E-state index in [9.17, 15) is 4.79 Å². The van der Waals surface area contributed by atoms with Gasteiger partial charge in [-0.05, 0) is 29.7 Å². The zero-order chi connectivity index (χ0) is 17.2. The zero-order valence-electron chi connectivity index (χ0n) is 13.9. The molecule has 2 heterocycles. The average molecular weight is 333 g/mol. The Morgan fingerprint density at radius 1 is 1.16 bits per heavy atom. The van der Waals surface area contributed by atoms with Crippen LogP contribution in [0, 0.1) is 5.92 Å². The number of hydrogen-bond acceptors (Lipinski definition) is 4. The van der Waals surface area contributed by atoms with Crippen molar-refractivity contribution in [2.75, 3.05) is 0 Å². The molecule has 4 rings (SSSR count). The Morgan fingerprint density at radius 2 is 1.88 bits per heavy atom. The summed E-state index contributed by atoms with van der Waals surface area (Å²) in [4.78, 5) is 16.7. The number of aryl methyl sites for hydroxylation is 1. The van der Waals surface area contributed by atoms with Crippen LogP contribution in [-0.2, 0) is 16.6 Å². The molecule has 0 saturated heterocycles. The lowest BCUT2D eigenvalue weighted by molar-refractivity contribution is -0.149. The summed E-state index contributed by atoms with van der Waals surface area (Å²) in [6.07, 6.45) is 7.64. The molecule has 0 spiro atoms. The highest BCUT2D eigenvalue weighted by molar-refractivity contribution is 5.78. The molecule has 1 saturated carbocycles. The fourth-order valence-corrected chi connectivity index (χ4v) is 3.15. The van der Waals surface area contributed by atoms with E-state index in [1.807, 2.05) is 61.9 Å². The van der Waals surface area contributed by atoms with Gasteiger partial charge in [0.15, 0.2) is 6.10 Å². The maximum atomic E-state index is 12.7. The SMILES string of the molecule is Cn1cc([C@@H]2C[C@@H]2C(=O)O[C@H](c2ccccc2)c2ccncc2)cn1. The standard InChI is InChI=1S/C20H19N3O2/c1-23-13-16(12-22-23)17-11-18(17)20(24)25-19(14-5-3-2-4-6-14)15-7-9-21-10-8-15/h2-10,12-13,17-19H,11H2,1H3/t17-,18-,19+/m0/s1. The summed E-state index contributed by atoms with van der Waals surface area (Å²) in [5.41, 5.74) is 2.98. The molecule has 0 radical (unpaired) electrons. The van der Waals surface area contributed by atoms with E-state index in [0.717, 1.165) is 23.1 Å². The number of nitrogens with zero attached hydrogens (tertiary/aromatic N) is 3. The van der Waals surface area contributed by atoms with Crippen molar-refractivity contribution in [1.82, 2.24) is 14.8 Å². The smallest absolute Gasteiger partial charge is 0.310 e. The predicted octanol–water partition coefficient (Wildman–Crippen LogP) is 3.25. The summed E-state index contributed by atoms with van der Waals surface area (Å²) in [5, 5.41) is 4.19. The monoisotopic (exact) mass is 333 g/mol. The van der Waals surface area contributed by atoms with E-state index in [2.05, 4.69) is 10.1 Å². The second-order valence-electron chi connectivity index (χ2n) is 6.40. The highest BCUT2D eigenvalue weighted by Gasteiger charge is 2.46. The lowest BCUT2D eigenvalue weighted by Gasteiger charge is -2.18. The third-order valence-corrected chi connectivity index (χ3v) is 4.59. The van der Waals surface area contributed by atoms with Crippen LogP contribution in [-0.4, -0.2) is 20.7 Å². The van der Waals surface area contributed by atoms with Crippen LogP contribution < -0.4 is 0 Å². The fraction of sp³-hybridized carbons (Fsp3) is 0.250. The number of aromatic nitrogens is 3. The molecule has 126 valence electrons. The topological polar surface area (TPSA) is 57.0 Å². The maximum absolute atomic E-state index is 12.7. The van der Waals surface area contributed by atoms with Gasteiger partial charge in [-0.1, -0.05) is 30.3 Å². The van der Waals surface area contributed by atoms with Crippen molar-refractivity contribution in [2.24, 2.45) is 13.0 Å². The average Bonchev–Trinajstić information content (AvgIpc) is 3.35. The molecule has 5 heteroatoms. The Kier molecular flexibility index (Phi) is 4.06. The van der Waals surface area contributed by atoms with E-state index in [1.54, 1.807) is 17.1 Å². The van der Waals surface area contributed by atoms with Gasteiger partial charge in [-0.3, -0.25) is 14.5 Å². The van der Waals surface area contributed by atoms with Crippen LogP contribution in [0.3, 0.4) is 0 Å². The molecule has 25 heavy (non-hydrogen) atoms. The number of ether oxygens (including phenoxy) is 1. The fourth-order valence-electron chi connectivity index (χ4n) is 3.15. The Balaban J connectivity index is 1.52. The van der Waals surface area contributed by atoms with Crippen molar-refractivity contribution in [3.63, 3.8) is 0 Å². The molecular formula is C20H19N3O2. The highest BCUT2D eigenvalue weighted by atomic mass is 16.5. The number of carbonyl (C=O) groups is 1. The molecule has 0 N–H and O–H groups in total. The molecule has 3 aromatic rings. The molecule has 1 aromatic carbocycles. The molecule has 0 aliphatic heterocycles. The molecule has 1 aliphatic rings. The largest absolute Gasteiger partial charge is 0.452 e. The third kappa shape index (κ3) is 3.31. The van der Waals surface area contributed by atoms with Gasteiger partial charge in [0, 0.05) is 37.1 Å². The zero-order valence-corrected chi connectivity index (χ0v) is 13.9. The quantitative estimate of drug-likeness (QED) is 0.673. The van der Waals surface area contributed by atoms with Crippen molar-refractivity contribution in [2.45, 2.75) is 18.4 Å². The predicted molar refractivity (Wildman–Crippen MR) is 92.7 cm³/mol. The maximum Gasteiger partial charge on any atom is 0.310 e. The molecular weight excluding hydrogens is 314 g/mol. The van der Waals surface area contributed by atoms with Crippen LogP contribution in [0.1, 0.15) is 35.1 Å². The second-order valence-corrected chi connectivity index (χ2v) is 6.40. The Hall–Kier alpha value is -2.95.